The maximum absolute atomic E-state index is 8.32. The molecule has 1 aromatic carbocycles. The van der Waals surface area contributed by atoms with Gasteiger partial charge in [-0.15, -0.1) is 18.5 Å². The van der Waals surface area contributed by atoms with E-state index in [1.54, 1.807) is 0 Å². The second kappa shape index (κ2) is 8.67. The van der Waals surface area contributed by atoms with Crippen LogP contribution in [0.1, 0.15) is 12.8 Å². The van der Waals surface area contributed by atoms with Crippen molar-refractivity contribution in [3.8, 4) is 0 Å². The number of aliphatic hydroxyl groups is 1. The molecule has 1 rings (SSSR count). The zero-order valence-corrected chi connectivity index (χ0v) is 8.72. The summed E-state index contributed by atoms with van der Waals surface area (Å²) in [7, 11) is 0. The molecule has 1 N–H and O–H groups in total. The third-order valence-electron chi connectivity index (χ3n) is 1.62. The second-order valence-corrected chi connectivity index (χ2v) is 2.65. The van der Waals surface area contributed by atoms with E-state index in [0.29, 0.717) is 0 Å². The van der Waals surface area contributed by atoms with Crippen molar-refractivity contribution in [1.29, 1.82) is 0 Å². The van der Waals surface area contributed by atoms with Gasteiger partial charge in [-0.05, 0) is 0 Å². The van der Waals surface area contributed by atoms with Crippen molar-refractivity contribution >= 4 is 5.69 Å². The average molecular weight is 239 g/mol. The molecule has 0 amide bonds. The number of nitrogens with zero attached hydrogens (tertiary/aromatic N) is 1. The third-order valence-corrected chi connectivity index (χ3v) is 1.62. The molecule has 14 heavy (non-hydrogen) atoms. The number of hydrogen-bond acceptors (Lipinski definition) is 1. The van der Waals surface area contributed by atoms with E-state index in [1.165, 1.54) is 0 Å². The van der Waals surface area contributed by atoms with Gasteiger partial charge >= 0.3 is 17.1 Å². The summed E-state index contributed by atoms with van der Waals surface area (Å²) in [6.45, 7) is 0.783. The molecular weight excluding hydrogens is 226 g/mol. The van der Waals surface area contributed by atoms with Crippen molar-refractivity contribution < 1.29 is 22.2 Å². The van der Waals surface area contributed by atoms with Crippen LogP contribution < -0.4 is 0 Å². The minimum Gasteiger partial charge on any atom is -0.684 e. The fourth-order valence-electron chi connectivity index (χ4n) is 0.987. The average Bonchev–Trinajstić information content (AvgIpc) is 2.19. The molecule has 1 radical (unpaired) electrons. The van der Waals surface area contributed by atoms with E-state index in [1.807, 2.05) is 30.3 Å². The van der Waals surface area contributed by atoms with Crippen LogP contribution >= 0.6 is 0 Å². The van der Waals surface area contributed by atoms with E-state index in [-0.39, 0.29) is 17.1 Å². The Kier molecular flexibility index (Phi) is 8.10. The number of aliphatic hydroxyl groups excluding tert-OH is 1. The molecule has 0 aromatic heterocycles. The summed E-state index contributed by atoms with van der Waals surface area (Å²) >= 11 is 0. The molecule has 0 heterocycles. The van der Waals surface area contributed by atoms with Crippen molar-refractivity contribution in [2.75, 3.05) is 6.54 Å². The SMILES string of the molecule is OC=[C-]CCC[N-]c1ccccc1.[Cu+2]. The molecule has 0 spiro atoms. The van der Waals surface area contributed by atoms with Crippen LogP contribution in [-0.2, 0) is 17.1 Å². The molecule has 1 aromatic rings. The molecule has 0 saturated heterocycles. The molecule has 0 bridgehead atoms. The van der Waals surface area contributed by atoms with Crippen LogP contribution in [0.2, 0.25) is 0 Å². The van der Waals surface area contributed by atoms with Gasteiger partial charge < -0.3 is 16.5 Å². The Balaban J connectivity index is 0.00000169. The monoisotopic (exact) mass is 238 g/mol. The van der Waals surface area contributed by atoms with Crippen molar-refractivity contribution in [3.05, 3.63) is 48.0 Å². The Labute approximate surface area is 95.5 Å². The first-order valence-corrected chi connectivity index (χ1v) is 4.35. The molecular formula is C11H13CuNO. The van der Waals surface area contributed by atoms with Crippen LogP contribution in [0.3, 0.4) is 0 Å². The second-order valence-electron chi connectivity index (χ2n) is 2.65. The fraction of sp³-hybridized carbons (Fsp3) is 0.273. The fourth-order valence-corrected chi connectivity index (χ4v) is 0.987. The molecule has 79 valence electrons. The van der Waals surface area contributed by atoms with Gasteiger partial charge in [-0.25, -0.2) is 0 Å². The molecule has 0 unspecified atom stereocenters. The Bertz CT molecular complexity index is 249. The number of allylic oxidation sites excluding steroid dienone is 1. The van der Waals surface area contributed by atoms with E-state index < -0.39 is 0 Å². The molecule has 2 nitrogen and oxygen atoms in total. The maximum atomic E-state index is 8.32. The normalized spacial score (nSPS) is 9.71. The molecule has 0 fully saturated rings. The summed E-state index contributed by atoms with van der Waals surface area (Å²) in [6.07, 6.45) is 5.35. The van der Waals surface area contributed by atoms with Gasteiger partial charge in [0.25, 0.3) is 0 Å². The van der Waals surface area contributed by atoms with Gasteiger partial charge in [0.1, 0.15) is 0 Å². The summed E-state index contributed by atoms with van der Waals surface area (Å²) in [5.41, 5.74) is 1.01. The van der Waals surface area contributed by atoms with Crippen LogP contribution in [0, 0.1) is 6.08 Å². The van der Waals surface area contributed by atoms with Crippen LogP contribution in [-0.4, -0.2) is 11.7 Å². The predicted molar refractivity (Wildman–Crippen MR) is 54.0 cm³/mol. The van der Waals surface area contributed by atoms with Crippen molar-refractivity contribution in [2.24, 2.45) is 0 Å². The molecule has 0 atom stereocenters. The number of rotatable bonds is 5. The third kappa shape index (κ3) is 5.68. The smallest absolute Gasteiger partial charge is 0.684 e. The zero-order chi connectivity index (χ0) is 9.36. The van der Waals surface area contributed by atoms with E-state index in [4.69, 9.17) is 5.11 Å². The summed E-state index contributed by atoms with van der Waals surface area (Å²) < 4.78 is 0. The zero-order valence-electron chi connectivity index (χ0n) is 7.78. The van der Waals surface area contributed by atoms with E-state index in [9.17, 15) is 0 Å². The van der Waals surface area contributed by atoms with Crippen molar-refractivity contribution in [3.63, 3.8) is 0 Å². The number of unbranched alkanes of at least 4 members (excludes halogenated alkanes) is 1. The van der Waals surface area contributed by atoms with Gasteiger partial charge in [0.05, 0.1) is 0 Å². The van der Waals surface area contributed by atoms with Crippen LogP contribution in [0.5, 0.6) is 0 Å². The van der Waals surface area contributed by atoms with Crippen LogP contribution in [0.25, 0.3) is 5.32 Å². The number of benzene rings is 1. The van der Waals surface area contributed by atoms with E-state index in [0.717, 1.165) is 31.3 Å². The van der Waals surface area contributed by atoms with Crippen molar-refractivity contribution in [1.82, 2.24) is 0 Å². The number of hydrogen-bond donors (Lipinski definition) is 1. The van der Waals surface area contributed by atoms with Crippen LogP contribution in [0.4, 0.5) is 5.69 Å². The summed E-state index contributed by atoms with van der Waals surface area (Å²) in [6, 6.07) is 9.87. The minimum atomic E-state index is 0. The van der Waals surface area contributed by atoms with Crippen LogP contribution in [0.15, 0.2) is 36.6 Å². The molecule has 0 saturated carbocycles. The standard InChI is InChI=1S/C11H13NO.Cu/c13-10-6-2-5-9-12-11-7-3-1-4-8-11;/h1,3-4,7-8,10,13H,2,5,9H2;/q-2;+2. The molecule has 0 aliphatic heterocycles. The quantitative estimate of drug-likeness (QED) is 0.363. The molecule has 0 aliphatic carbocycles. The largest absolute Gasteiger partial charge is 2.00 e. The first kappa shape index (κ1) is 13.1. The predicted octanol–water partition coefficient (Wildman–Crippen LogP) is 3.34. The summed E-state index contributed by atoms with van der Waals surface area (Å²) in [5.74, 6) is 0. The number of para-hydroxylation sites is 1. The molecule has 3 heteroatoms. The maximum Gasteiger partial charge on any atom is 2.00 e. The Hall–Kier alpha value is -0.921. The first-order chi connectivity index (χ1) is 6.43. The minimum absolute atomic E-state index is 0. The topological polar surface area (TPSA) is 34.3 Å². The van der Waals surface area contributed by atoms with Gasteiger partial charge in [-0.2, -0.15) is 6.42 Å². The Morgan fingerprint density at radius 1 is 1.29 bits per heavy atom. The Morgan fingerprint density at radius 3 is 2.64 bits per heavy atom. The van der Waals surface area contributed by atoms with Gasteiger partial charge in [-0.1, -0.05) is 36.8 Å². The Morgan fingerprint density at radius 2 is 2.00 bits per heavy atom. The summed E-state index contributed by atoms with van der Waals surface area (Å²) in [5, 5.41) is 12.7. The van der Waals surface area contributed by atoms with Gasteiger partial charge in [0.2, 0.25) is 0 Å². The molecule has 0 aliphatic rings. The van der Waals surface area contributed by atoms with E-state index >= 15 is 0 Å². The first-order valence-electron chi connectivity index (χ1n) is 4.35. The van der Waals surface area contributed by atoms with Crippen molar-refractivity contribution in [2.45, 2.75) is 12.8 Å². The summed E-state index contributed by atoms with van der Waals surface area (Å²) in [4.78, 5) is 0. The van der Waals surface area contributed by atoms with Gasteiger partial charge in [-0.3, -0.25) is 0 Å². The van der Waals surface area contributed by atoms with E-state index in [2.05, 4.69) is 11.4 Å². The van der Waals surface area contributed by atoms with Gasteiger partial charge in [0.15, 0.2) is 0 Å². The van der Waals surface area contributed by atoms with Gasteiger partial charge in [0, 0.05) is 0 Å².